The van der Waals surface area contributed by atoms with Crippen molar-refractivity contribution >= 4 is 34.3 Å². The Labute approximate surface area is 204 Å². The van der Waals surface area contributed by atoms with E-state index in [1.165, 1.54) is 11.3 Å². The van der Waals surface area contributed by atoms with Gasteiger partial charge in [0.15, 0.2) is 5.13 Å². The van der Waals surface area contributed by atoms with Crippen LogP contribution in [0.3, 0.4) is 0 Å². The summed E-state index contributed by atoms with van der Waals surface area (Å²) in [4.78, 5) is 37.3. The summed E-state index contributed by atoms with van der Waals surface area (Å²) in [7, 11) is 0. The minimum absolute atomic E-state index is 0.0290. The molecule has 11 nitrogen and oxygen atoms in total. The normalized spacial score (nSPS) is 21.1. The maximum absolute atomic E-state index is 12.7. The fraction of sp³-hybridized carbons (Fsp3) is 0.727. The van der Waals surface area contributed by atoms with Crippen LogP contribution in [0.15, 0.2) is 5.38 Å². The number of thiazole rings is 1. The first-order valence-corrected chi connectivity index (χ1v) is 12.4. The highest BCUT2D eigenvalue weighted by Crippen LogP contribution is 2.22. The predicted molar refractivity (Wildman–Crippen MR) is 131 cm³/mol. The molecule has 1 aromatic heterocycles. The average molecular weight is 502 g/mol. The van der Waals surface area contributed by atoms with Gasteiger partial charge in [-0.15, -0.1) is 11.3 Å². The van der Waals surface area contributed by atoms with E-state index in [1.54, 1.807) is 0 Å². The quantitative estimate of drug-likeness (QED) is 0.355. The van der Waals surface area contributed by atoms with Gasteiger partial charge in [0.2, 0.25) is 5.91 Å². The summed E-state index contributed by atoms with van der Waals surface area (Å²) in [6, 6.07) is 0.657. The van der Waals surface area contributed by atoms with Gasteiger partial charge in [-0.05, 0) is 38.5 Å². The Hall–Kier alpha value is -2.28. The molecule has 0 saturated carbocycles. The first-order valence-electron chi connectivity index (χ1n) is 11.5. The van der Waals surface area contributed by atoms with E-state index in [-0.39, 0.29) is 17.9 Å². The predicted octanol–water partition coefficient (Wildman–Crippen LogP) is 1.17. The van der Waals surface area contributed by atoms with Crippen LogP contribution in [0.25, 0.3) is 0 Å². The number of nitrogen functional groups attached to an aromatic ring is 1. The van der Waals surface area contributed by atoms with Gasteiger partial charge in [0.05, 0.1) is 11.6 Å². The van der Waals surface area contributed by atoms with Gasteiger partial charge in [0.25, 0.3) is 11.9 Å². The van der Waals surface area contributed by atoms with E-state index in [0.29, 0.717) is 17.7 Å². The third kappa shape index (κ3) is 13.4. The van der Waals surface area contributed by atoms with E-state index in [1.807, 2.05) is 5.38 Å². The summed E-state index contributed by atoms with van der Waals surface area (Å²) in [6.07, 6.45) is 5.59. The van der Waals surface area contributed by atoms with Gasteiger partial charge in [-0.1, -0.05) is 0 Å². The number of hydrogen-bond acceptors (Lipinski definition) is 9. The highest BCUT2D eigenvalue weighted by atomic mass is 32.1. The maximum atomic E-state index is 12.7. The summed E-state index contributed by atoms with van der Waals surface area (Å²) in [6.45, 7) is 6.17. The molecule has 2 aliphatic rings. The van der Waals surface area contributed by atoms with Crippen LogP contribution in [0.4, 0.5) is 5.13 Å². The lowest BCUT2D eigenvalue weighted by atomic mass is 10.0. The van der Waals surface area contributed by atoms with Crippen molar-refractivity contribution < 1.29 is 29.3 Å². The molecule has 1 aromatic rings. The number of ether oxygens (including phenoxy) is 1. The van der Waals surface area contributed by atoms with Crippen LogP contribution in [0, 0.1) is 5.92 Å². The number of carbonyl (C=O) groups excluding carboxylic acids is 1. The lowest BCUT2D eigenvalue weighted by Crippen LogP contribution is -2.47. The van der Waals surface area contributed by atoms with Gasteiger partial charge in [-0.25, -0.2) is 4.98 Å². The first kappa shape index (κ1) is 29.8. The molecule has 2 fully saturated rings. The molecule has 0 aliphatic carbocycles. The summed E-state index contributed by atoms with van der Waals surface area (Å²) < 4.78 is 5.48. The second-order valence-electron chi connectivity index (χ2n) is 8.44. The second kappa shape index (κ2) is 16.4. The van der Waals surface area contributed by atoms with Gasteiger partial charge in [-0.3, -0.25) is 19.3 Å². The van der Waals surface area contributed by atoms with Crippen LogP contribution in [-0.2, 0) is 25.5 Å². The number of nitrogens with one attached hydrogen (secondary N) is 1. The molecular formula is C22H39N5O6S. The van der Waals surface area contributed by atoms with Crippen LogP contribution in [0.2, 0.25) is 0 Å². The second-order valence-corrected chi connectivity index (χ2v) is 9.33. The van der Waals surface area contributed by atoms with Gasteiger partial charge in [-0.2, -0.15) is 0 Å². The summed E-state index contributed by atoms with van der Waals surface area (Å²) >= 11 is 1.46. The van der Waals surface area contributed by atoms with Crippen molar-refractivity contribution in [2.45, 2.75) is 64.5 Å². The van der Waals surface area contributed by atoms with Gasteiger partial charge in [0, 0.05) is 64.2 Å². The van der Waals surface area contributed by atoms with Crippen LogP contribution in [0.5, 0.6) is 0 Å². The molecule has 0 bridgehead atoms. The number of hydrogen-bond donors (Lipinski definition) is 5. The molecule has 2 saturated heterocycles. The molecule has 0 aromatic carbocycles. The van der Waals surface area contributed by atoms with Crippen molar-refractivity contribution in [2.75, 3.05) is 38.6 Å². The van der Waals surface area contributed by atoms with Crippen LogP contribution < -0.4 is 16.8 Å². The zero-order chi connectivity index (χ0) is 25.5. The summed E-state index contributed by atoms with van der Waals surface area (Å²) in [5, 5.41) is 20.5. The molecule has 7 N–H and O–H groups in total. The maximum Gasteiger partial charge on any atom is 0.300 e. The average Bonchev–Trinajstić information content (AvgIpc) is 3.07. The highest BCUT2D eigenvalue weighted by Gasteiger charge is 2.31. The topological polar surface area (TPSA) is 181 Å². The SMILES string of the molecule is CC(=O)O.CC(=O)O.Nc1nc(CCCNC(=O)[C@@H]2CC[C@H](N)CN(C3CCOCC3)C2)cs1. The number of aliphatic carboxylic acids is 2. The Morgan fingerprint density at radius 1 is 1.15 bits per heavy atom. The van der Waals surface area contributed by atoms with E-state index < -0.39 is 11.9 Å². The molecule has 3 rings (SSSR count). The molecule has 0 radical (unpaired) electrons. The number of anilines is 1. The van der Waals surface area contributed by atoms with Crippen molar-refractivity contribution in [1.82, 2.24) is 15.2 Å². The van der Waals surface area contributed by atoms with E-state index in [0.717, 1.165) is 84.4 Å². The van der Waals surface area contributed by atoms with Crippen molar-refractivity contribution in [3.05, 3.63) is 11.1 Å². The number of nitrogens with two attached hydrogens (primary N) is 2. The third-order valence-corrected chi connectivity index (χ3v) is 6.09. The van der Waals surface area contributed by atoms with E-state index >= 15 is 0 Å². The number of amides is 1. The van der Waals surface area contributed by atoms with Crippen molar-refractivity contribution in [2.24, 2.45) is 11.7 Å². The minimum Gasteiger partial charge on any atom is -0.481 e. The molecule has 34 heavy (non-hydrogen) atoms. The fourth-order valence-electron chi connectivity index (χ4n) is 3.88. The van der Waals surface area contributed by atoms with E-state index in [9.17, 15) is 4.79 Å². The standard InChI is InChI=1S/C18H31N5O2S.2C2H4O2/c19-14-4-3-13(10-23(11-14)16-5-8-25-9-6-16)17(24)21-7-1-2-15-12-26-18(20)22-15;2*1-2(3)4/h12-14,16H,1-11,19H2,(H2,20,22)(H,21,24);2*1H3,(H,3,4)/t13-,14+;;/m1../s1. The van der Waals surface area contributed by atoms with Crippen LogP contribution in [0.1, 0.15) is 51.6 Å². The number of carboxylic acids is 2. The van der Waals surface area contributed by atoms with Crippen molar-refractivity contribution in [3.8, 4) is 0 Å². The molecule has 0 unspecified atom stereocenters. The number of rotatable bonds is 6. The number of nitrogens with zero attached hydrogens (tertiary/aromatic N) is 2. The monoisotopic (exact) mass is 501 g/mol. The molecule has 2 atom stereocenters. The summed E-state index contributed by atoms with van der Waals surface area (Å²) in [5.74, 6) is -1.48. The number of aromatic nitrogens is 1. The highest BCUT2D eigenvalue weighted by molar-refractivity contribution is 7.13. The van der Waals surface area contributed by atoms with Crippen molar-refractivity contribution in [1.29, 1.82) is 0 Å². The molecule has 12 heteroatoms. The number of carboxylic acid groups (broad SMARTS) is 2. The zero-order valence-electron chi connectivity index (χ0n) is 20.1. The number of aryl methyl sites for hydroxylation is 1. The zero-order valence-corrected chi connectivity index (χ0v) is 20.9. The Kier molecular flexibility index (Phi) is 14.3. The van der Waals surface area contributed by atoms with Crippen LogP contribution in [-0.4, -0.2) is 82.9 Å². The van der Waals surface area contributed by atoms with E-state index in [2.05, 4.69) is 15.2 Å². The largest absolute Gasteiger partial charge is 0.481 e. The third-order valence-electron chi connectivity index (χ3n) is 5.37. The molecule has 3 heterocycles. The molecule has 194 valence electrons. The number of likely N-dealkylation sites (tertiary alicyclic amines) is 1. The Bertz CT molecular complexity index is 736. The lowest BCUT2D eigenvalue weighted by Gasteiger charge is -2.35. The molecule has 0 spiro atoms. The van der Waals surface area contributed by atoms with Crippen molar-refractivity contribution in [3.63, 3.8) is 0 Å². The van der Waals surface area contributed by atoms with Gasteiger partial charge < -0.3 is 31.7 Å². The van der Waals surface area contributed by atoms with E-state index in [4.69, 9.17) is 36.0 Å². The Morgan fingerprint density at radius 3 is 2.32 bits per heavy atom. The Morgan fingerprint density at radius 2 is 1.76 bits per heavy atom. The number of carbonyl (C=O) groups is 3. The lowest BCUT2D eigenvalue weighted by molar-refractivity contribution is -0.135. The molecular weight excluding hydrogens is 462 g/mol. The molecule has 1 amide bonds. The fourth-order valence-corrected chi connectivity index (χ4v) is 4.48. The van der Waals surface area contributed by atoms with Crippen LogP contribution >= 0.6 is 11.3 Å². The smallest absolute Gasteiger partial charge is 0.300 e. The van der Waals surface area contributed by atoms with Gasteiger partial charge >= 0.3 is 0 Å². The Balaban J connectivity index is 0.000000629. The van der Waals surface area contributed by atoms with Gasteiger partial charge in [0.1, 0.15) is 0 Å². The first-order chi connectivity index (χ1) is 16.1. The summed E-state index contributed by atoms with van der Waals surface area (Å²) in [5.41, 5.74) is 12.9. The minimum atomic E-state index is -0.833. The molecule has 2 aliphatic heterocycles.